The summed E-state index contributed by atoms with van der Waals surface area (Å²) in [6.07, 6.45) is 0.974. The largest absolute Gasteiger partial charge is 0.491 e. The van der Waals surface area contributed by atoms with E-state index in [0.29, 0.717) is 0 Å². The van der Waals surface area contributed by atoms with Gasteiger partial charge in [-0.25, -0.2) is 0 Å². The van der Waals surface area contributed by atoms with E-state index in [4.69, 9.17) is 10.5 Å². The molecule has 2 nitrogen and oxygen atoms in total. The second-order valence-corrected chi connectivity index (χ2v) is 5.77. The third kappa shape index (κ3) is 3.84. The molecular formula is C18H23NO. The summed E-state index contributed by atoms with van der Waals surface area (Å²) in [5.74, 6) is 0.877. The van der Waals surface area contributed by atoms with E-state index in [2.05, 4.69) is 25.1 Å². The van der Waals surface area contributed by atoms with Gasteiger partial charge < -0.3 is 10.5 Å². The Morgan fingerprint density at radius 2 is 1.75 bits per heavy atom. The van der Waals surface area contributed by atoms with Gasteiger partial charge >= 0.3 is 0 Å². The molecule has 0 bridgehead atoms. The van der Waals surface area contributed by atoms with Gasteiger partial charge in [0.1, 0.15) is 5.75 Å². The number of benzene rings is 2. The molecule has 0 heterocycles. The first-order valence-electron chi connectivity index (χ1n) is 7.07. The molecule has 2 N–H and O–H groups in total. The lowest BCUT2D eigenvalue weighted by Crippen LogP contribution is -2.35. The van der Waals surface area contributed by atoms with E-state index in [-0.39, 0.29) is 6.10 Å². The number of ether oxygens (including phenoxy) is 1. The van der Waals surface area contributed by atoms with Crippen LogP contribution in [0.15, 0.2) is 54.6 Å². The first-order chi connectivity index (χ1) is 9.47. The van der Waals surface area contributed by atoms with E-state index < -0.39 is 5.54 Å². The highest BCUT2D eigenvalue weighted by molar-refractivity contribution is 5.34. The molecule has 2 aromatic carbocycles. The van der Waals surface area contributed by atoms with Crippen LogP contribution in [0.1, 0.15) is 31.9 Å². The van der Waals surface area contributed by atoms with Gasteiger partial charge in [0.25, 0.3) is 0 Å². The lowest BCUT2D eigenvalue weighted by molar-refractivity contribution is 0.241. The van der Waals surface area contributed by atoms with Crippen LogP contribution in [0.2, 0.25) is 0 Å². The fraction of sp³-hybridized carbons (Fsp3) is 0.333. The van der Waals surface area contributed by atoms with Crippen molar-refractivity contribution in [1.82, 2.24) is 0 Å². The van der Waals surface area contributed by atoms with Gasteiger partial charge in [-0.05, 0) is 50.5 Å². The van der Waals surface area contributed by atoms with Crippen molar-refractivity contribution >= 4 is 0 Å². The van der Waals surface area contributed by atoms with Crippen molar-refractivity contribution in [1.29, 1.82) is 0 Å². The molecule has 0 aliphatic heterocycles. The molecule has 0 spiro atoms. The zero-order valence-corrected chi connectivity index (χ0v) is 12.5. The Kier molecular flexibility index (Phi) is 4.46. The first-order valence-corrected chi connectivity index (χ1v) is 7.07. The zero-order chi connectivity index (χ0) is 14.6. The van der Waals surface area contributed by atoms with Crippen molar-refractivity contribution in [2.24, 2.45) is 5.73 Å². The molecule has 0 radical (unpaired) electrons. The molecular weight excluding hydrogens is 246 g/mol. The van der Waals surface area contributed by atoms with E-state index in [1.54, 1.807) is 0 Å². The van der Waals surface area contributed by atoms with Crippen LogP contribution in [0.3, 0.4) is 0 Å². The van der Waals surface area contributed by atoms with Crippen molar-refractivity contribution in [3.05, 3.63) is 65.7 Å². The van der Waals surface area contributed by atoms with Crippen LogP contribution in [0.25, 0.3) is 0 Å². The van der Waals surface area contributed by atoms with E-state index in [0.717, 1.165) is 17.7 Å². The lowest BCUT2D eigenvalue weighted by atomic mass is 9.86. The number of nitrogens with two attached hydrogens (primary N) is 1. The fourth-order valence-electron chi connectivity index (χ4n) is 2.32. The van der Waals surface area contributed by atoms with Crippen LogP contribution < -0.4 is 10.5 Å². The number of hydrogen-bond acceptors (Lipinski definition) is 2. The Labute approximate surface area is 121 Å². The maximum absolute atomic E-state index is 6.51. The van der Waals surface area contributed by atoms with Crippen LogP contribution in [0, 0.1) is 0 Å². The van der Waals surface area contributed by atoms with Gasteiger partial charge in [-0.1, -0.05) is 42.5 Å². The Morgan fingerprint density at radius 3 is 2.40 bits per heavy atom. The topological polar surface area (TPSA) is 35.2 Å². The quantitative estimate of drug-likeness (QED) is 0.893. The highest BCUT2D eigenvalue weighted by atomic mass is 16.5. The normalized spacial score (nSPS) is 14.1. The summed E-state index contributed by atoms with van der Waals surface area (Å²) in [6, 6.07) is 18.4. The van der Waals surface area contributed by atoms with Gasteiger partial charge in [-0.15, -0.1) is 0 Å². The van der Waals surface area contributed by atoms with Crippen molar-refractivity contribution in [3.63, 3.8) is 0 Å². The third-order valence-electron chi connectivity index (χ3n) is 3.28. The maximum atomic E-state index is 6.51. The molecule has 2 heteroatoms. The summed E-state index contributed by atoms with van der Waals surface area (Å²) in [4.78, 5) is 0. The molecule has 0 aliphatic rings. The molecule has 0 aromatic heterocycles. The molecule has 20 heavy (non-hydrogen) atoms. The Hall–Kier alpha value is -1.80. The Bertz CT molecular complexity index is 546. The summed E-state index contributed by atoms with van der Waals surface area (Å²) < 4.78 is 5.74. The Balaban J connectivity index is 2.20. The van der Waals surface area contributed by atoms with Crippen LogP contribution in [0.4, 0.5) is 0 Å². The highest BCUT2D eigenvalue weighted by Gasteiger charge is 2.22. The van der Waals surface area contributed by atoms with Gasteiger partial charge in [-0.3, -0.25) is 0 Å². The minimum absolute atomic E-state index is 0.170. The SMILES string of the molecule is CC(C)Oc1cccc(C(C)(N)Cc2ccccc2)c1. The molecule has 106 valence electrons. The Morgan fingerprint density at radius 1 is 1.05 bits per heavy atom. The van der Waals surface area contributed by atoms with Crippen LogP contribution in [0.5, 0.6) is 5.75 Å². The standard InChI is InChI=1S/C18H23NO/c1-14(2)20-17-11-7-10-16(12-17)18(3,19)13-15-8-5-4-6-9-15/h4-12,14H,13,19H2,1-3H3. The van der Waals surface area contributed by atoms with Gasteiger partial charge in [0.05, 0.1) is 6.10 Å². The molecule has 0 saturated carbocycles. The van der Waals surface area contributed by atoms with Gasteiger partial charge in [0.2, 0.25) is 0 Å². The predicted octanol–water partition coefficient (Wildman–Crippen LogP) is 3.89. The number of rotatable bonds is 5. The van der Waals surface area contributed by atoms with Crippen LogP contribution in [-0.4, -0.2) is 6.10 Å². The van der Waals surface area contributed by atoms with E-state index in [1.165, 1.54) is 5.56 Å². The van der Waals surface area contributed by atoms with Crippen molar-refractivity contribution in [2.45, 2.75) is 38.8 Å². The first kappa shape index (κ1) is 14.6. The summed E-state index contributed by atoms with van der Waals surface area (Å²) >= 11 is 0. The van der Waals surface area contributed by atoms with Crippen molar-refractivity contribution in [3.8, 4) is 5.75 Å². The molecule has 0 aliphatic carbocycles. The zero-order valence-electron chi connectivity index (χ0n) is 12.5. The van der Waals surface area contributed by atoms with Crippen LogP contribution in [-0.2, 0) is 12.0 Å². The molecule has 0 saturated heterocycles. The average molecular weight is 269 g/mol. The van der Waals surface area contributed by atoms with E-state index >= 15 is 0 Å². The minimum Gasteiger partial charge on any atom is -0.491 e. The molecule has 0 amide bonds. The summed E-state index contributed by atoms with van der Waals surface area (Å²) in [5.41, 5.74) is 8.45. The van der Waals surface area contributed by atoms with Gasteiger partial charge in [0, 0.05) is 5.54 Å². The second-order valence-electron chi connectivity index (χ2n) is 5.77. The molecule has 2 aromatic rings. The third-order valence-corrected chi connectivity index (χ3v) is 3.28. The molecule has 1 unspecified atom stereocenters. The lowest BCUT2D eigenvalue weighted by Gasteiger charge is -2.26. The summed E-state index contributed by atoms with van der Waals surface area (Å²) in [6.45, 7) is 6.12. The highest BCUT2D eigenvalue weighted by Crippen LogP contribution is 2.26. The van der Waals surface area contributed by atoms with Crippen molar-refractivity contribution < 1.29 is 4.74 Å². The van der Waals surface area contributed by atoms with E-state index in [9.17, 15) is 0 Å². The monoisotopic (exact) mass is 269 g/mol. The average Bonchev–Trinajstić information content (AvgIpc) is 2.39. The smallest absolute Gasteiger partial charge is 0.120 e. The van der Waals surface area contributed by atoms with Crippen molar-refractivity contribution in [2.75, 3.05) is 0 Å². The number of hydrogen-bond donors (Lipinski definition) is 1. The van der Waals surface area contributed by atoms with Gasteiger partial charge in [0.15, 0.2) is 0 Å². The predicted molar refractivity (Wildman–Crippen MR) is 83.9 cm³/mol. The molecule has 1 atom stereocenters. The molecule has 2 rings (SSSR count). The van der Waals surface area contributed by atoms with Crippen LogP contribution >= 0.6 is 0 Å². The minimum atomic E-state index is -0.405. The van der Waals surface area contributed by atoms with Gasteiger partial charge in [-0.2, -0.15) is 0 Å². The maximum Gasteiger partial charge on any atom is 0.120 e. The summed E-state index contributed by atoms with van der Waals surface area (Å²) in [7, 11) is 0. The second kappa shape index (κ2) is 6.10. The van der Waals surface area contributed by atoms with E-state index in [1.807, 2.05) is 50.2 Å². The fourth-order valence-corrected chi connectivity index (χ4v) is 2.32. The molecule has 0 fully saturated rings. The summed E-state index contributed by atoms with van der Waals surface area (Å²) in [5, 5.41) is 0.